The molecule has 1 aliphatic heterocycles. The van der Waals surface area contributed by atoms with E-state index in [1.165, 1.54) is 0 Å². The second-order valence-electron chi connectivity index (χ2n) is 5.91. The van der Waals surface area contributed by atoms with Gasteiger partial charge in [-0.25, -0.2) is 0 Å². The summed E-state index contributed by atoms with van der Waals surface area (Å²) in [5.41, 5.74) is 2.01. The van der Waals surface area contributed by atoms with Crippen molar-refractivity contribution in [3.8, 4) is 0 Å². The van der Waals surface area contributed by atoms with Gasteiger partial charge < -0.3 is 10.2 Å². The van der Waals surface area contributed by atoms with Gasteiger partial charge in [0.1, 0.15) is 0 Å². The van der Waals surface area contributed by atoms with Crippen LogP contribution in [0.3, 0.4) is 0 Å². The van der Waals surface area contributed by atoms with Crippen molar-refractivity contribution in [2.45, 2.75) is 6.54 Å². The van der Waals surface area contributed by atoms with Gasteiger partial charge in [0.2, 0.25) is 0 Å². The van der Waals surface area contributed by atoms with Crippen LogP contribution >= 0.6 is 47.0 Å². The predicted octanol–water partition coefficient (Wildman–Crippen LogP) is 5.16. The van der Waals surface area contributed by atoms with Gasteiger partial charge in [0.15, 0.2) is 5.11 Å². The van der Waals surface area contributed by atoms with E-state index < -0.39 is 0 Å². The molecule has 7 heteroatoms. The predicted molar refractivity (Wildman–Crippen MR) is 111 cm³/mol. The average molecular weight is 415 g/mol. The first-order valence-electron chi connectivity index (χ1n) is 7.99. The SMILES string of the molecule is S=C(Nc1ccc(Cl)c(Cl)c1)N1CCN(Cc2ccccc2Cl)CC1. The number of benzene rings is 2. The molecule has 0 bridgehead atoms. The summed E-state index contributed by atoms with van der Waals surface area (Å²) in [5, 5.41) is 5.80. The van der Waals surface area contributed by atoms with Crippen LogP contribution < -0.4 is 5.32 Å². The molecule has 1 heterocycles. The van der Waals surface area contributed by atoms with Gasteiger partial charge in [-0.05, 0) is 42.0 Å². The average Bonchev–Trinajstić information content (AvgIpc) is 2.61. The Morgan fingerprint density at radius 2 is 1.64 bits per heavy atom. The zero-order valence-corrected chi connectivity index (χ0v) is 16.6. The number of nitrogens with zero attached hydrogens (tertiary/aromatic N) is 2. The lowest BCUT2D eigenvalue weighted by Gasteiger charge is -2.36. The number of rotatable bonds is 3. The van der Waals surface area contributed by atoms with Crippen molar-refractivity contribution >= 4 is 57.8 Å². The number of nitrogens with one attached hydrogen (secondary N) is 1. The molecule has 0 aliphatic carbocycles. The van der Waals surface area contributed by atoms with Crippen molar-refractivity contribution in [1.29, 1.82) is 0 Å². The van der Waals surface area contributed by atoms with E-state index in [1.54, 1.807) is 12.1 Å². The van der Waals surface area contributed by atoms with Crippen LogP contribution in [0.4, 0.5) is 5.69 Å². The Labute approximate surface area is 168 Å². The molecule has 2 aromatic rings. The van der Waals surface area contributed by atoms with Crippen molar-refractivity contribution in [1.82, 2.24) is 9.80 Å². The van der Waals surface area contributed by atoms with Crippen LogP contribution in [-0.4, -0.2) is 41.1 Å². The van der Waals surface area contributed by atoms with Crippen LogP contribution in [0.2, 0.25) is 15.1 Å². The summed E-state index contributed by atoms with van der Waals surface area (Å²) in [7, 11) is 0. The third-order valence-electron chi connectivity index (χ3n) is 4.18. The van der Waals surface area contributed by atoms with Gasteiger partial charge in [0.25, 0.3) is 0 Å². The Hall–Kier alpha value is -1.04. The highest BCUT2D eigenvalue weighted by Crippen LogP contribution is 2.25. The zero-order valence-electron chi connectivity index (χ0n) is 13.5. The topological polar surface area (TPSA) is 18.5 Å². The lowest BCUT2D eigenvalue weighted by molar-refractivity contribution is 0.177. The Balaban J connectivity index is 1.52. The van der Waals surface area contributed by atoms with E-state index in [9.17, 15) is 0 Å². The fourth-order valence-corrected chi connectivity index (χ4v) is 3.55. The number of halogens is 3. The van der Waals surface area contributed by atoms with Crippen LogP contribution in [0.1, 0.15) is 5.56 Å². The van der Waals surface area contributed by atoms with E-state index >= 15 is 0 Å². The smallest absolute Gasteiger partial charge is 0.173 e. The molecule has 1 fully saturated rings. The molecular formula is C18H18Cl3N3S. The molecule has 25 heavy (non-hydrogen) atoms. The van der Waals surface area contributed by atoms with E-state index in [2.05, 4.69) is 21.2 Å². The van der Waals surface area contributed by atoms with Gasteiger partial charge >= 0.3 is 0 Å². The lowest BCUT2D eigenvalue weighted by atomic mass is 10.2. The number of hydrogen-bond acceptors (Lipinski definition) is 2. The quantitative estimate of drug-likeness (QED) is 0.699. The Bertz CT molecular complexity index is 761. The molecule has 3 rings (SSSR count). The minimum absolute atomic E-state index is 0.513. The van der Waals surface area contributed by atoms with Gasteiger partial charge in [-0.1, -0.05) is 53.0 Å². The Morgan fingerprint density at radius 3 is 2.32 bits per heavy atom. The molecule has 1 aliphatic rings. The molecule has 0 radical (unpaired) electrons. The summed E-state index contributed by atoms with van der Waals surface area (Å²) in [6, 6.07) is 13.4. The summed E-state index contributed by atoms with van der Waals surface area (Å²) in [4.78, 5) is 4.56. The Morgan fingerprint density at radius 1 is 0.920 bits per heavy atom. The molecule has 1 saturated heterocycles. The first-order chi connectivity index (χ1) is 12.0. The van der Waals surface area contributed by atoms with Crippen LogP contribution in [0.15, 0.2) is 42.5 Å². The highest BCUT2D eigenvalue weighted by Gasteiger charge is 2.19. The fourth-order valence-electron chi connectivity index (χ4n) is 2.75. The molecule has 1 N–H and O–H groups in total. The molecular weight excluding hydrogens is 397 g/mol. The van der Waals surface area contributed by atoms with Crippen LogP contribution in [0, 0.1) is 0 Å². The second-order valence-corrected chi connectivity index (χ2v) is 7.52. The van der Waals surface area contributed by atoms with Crippen molar-refractivity contribution in [2.75, 3.05) is 31.5 Å². The summed E-state index contributed by atoms with van der Waals surface area (Å²) >= 11 is 23.8. The monoisotopic (exact) mass is 413 g/mol. The fraction of sp³-hybridized carbons (Fsp3) is 0.278. The van der Waals surface area contributed by atoms with Crippen molar-refractivity contribution in [3.63, 3.8) is 0 Å². The van der Waals surface area contributed by atoms with E-state index in [0.29, 0.717) is 15.2 Å². The number of hydrogen-bond donors (Lipinski definition) is 1. The van der Waals surface area contributed by atoms with E-state index in [-0.39, 0.29) is 0 Å². The van der Waals surface area contributed by atoms with Crippen LogP contribution in [0.5, 0.6) is 0 Å². The van der Waals surface area contributed by atoms with Gasteiger partial charge in [0, 0.05) is 43.4 Å². The standard InChI is InChI=1S/C18H18Cl3N3S/c19-15-4-2-1-3-13(15)12-23-7-9-24(10-8-23)18(25)22-14-5-6-16(20)17(21)11-14/h1-6,11H,7-10,12H2,(H,22,25). The van der Waals surface area contributed by atoms with E-state index in [4.69, 9.17) is 47.0 Å². The molecule has 0 spiro atoms. The van der Waals surface area contributed by atoms with Gasteiger partial charge in [0.05, 0.1) is 10.0 Å². The molecule has 0 unspecified atom stereocenters. The summed E-state index contributed by atoms with van der Waals surface area (Å²) in [6.45, 7) is 4.48. The van der Waals surface area contributed by atoms with Crippen LogP contribution in [0.25, 0.3) is 0 Å². The van der Waals surface area contributed by atoms with E-state index in [1.807, 2.05) is 24.3 Å². The molecule has 0 atom stereocenters. The third-order valence-corrected chi connectivity index (χ3v) is 5.65. The maximum absolute atomic E-state index is 6.25. The summed E-state index contributed by atoms with van der Waals surface area (Å²) in [5.74, 6) is 0. The Kier molecular flexibility index (Phi) is 6.42. The van der Waals surface area contributed by atoms with Crippen molar-refractivity contribution < 1.29 is 0 Å². The van der Waals surface area contributed by atoms with Gasteiger partial charge in [-0.3, -0.25) is 4.90 Å². The molecule has 0 amide bonds. The highest BCUT2D eigenvalue weighted by molar-refractivity contribution is 7.80. The second kappa shape index (κ2) is 8.56. The lowest BCUT2D eigenvalue weighted by Crippen LogP contribution is -2.49. The minimum Gasteiger partial charge on any atom is -0.346 e. The molecule has 0 aromatic heterocycles. The minimum atomic E-state index is 0.513. The maximum atomic E-state index is 6.25. The largest absolute Gasteiger partial charge is 0.346 e. The van der Waals surface area contributed by atoms with Crippen molar-refractivity contribution in [2.24, 2.45) is 0 Å². The number of piperazine rings is 1. The summed E-state index contributed by atoms with van der Waals surface area (Å²) in [6.07, 6.45) is 0. The van der Waals surface area contributed by atoms with E-state index in [0.717, 1.165) is 49.0 Å². The zero-order chi connectivity index (χ0) is 17.8. The van der Waals surface area contributed by atoms with Crippen LogP contribution in [-0.2, 0) is 6.54 Å². The molecule has 2 aromatic carbocycles. The first-order valence-corrected chi connectivity index (χ1v) is 9.54. The highest BCUT2D eigenvalue weighted by atomic mass is 35.5. The molecule has 0 saturated carbocycles. The van der Waals surface area contributed by atoms with Gasteiger partial charge in [-0.15, -0.1) is 0 Å². The number of thiocarbonyl (C=S) groups is 1. The molecule has 3 nitrogen and oxygen atoms in total. The third kappa shape index (κ3) is 4.99. The molecule has 132 valence electrons. The first kappa shape index (κ1) is 18.7. The summed E-state index contributed by atoms with van der Waals surface area (Å²) < 4.78 is 0. The number of anilines is 1. The van der Waals surface area contributed by atoms with Crippen molar-refractivity contribution in [3.05, 3.63) is 63.1 Å². The maximum Gasteiger partial charge on any atom is 0.173 e. The van der Waals surface area contributed by atoms with Gasteiger partial charge in [-0.2, -0.15) is 0 Å². The normalized spacial score (nSPS) is 15.2.